The van der Waals surface area contributed by atoms with Gasteiger partial charge in [-0.05, 0) is 18.2 Å². The molecule has 3 N–H and O–H groups in total. The second-order valence-corrected chi connectivity index (χ2v) is 7.55. The molecule has 2 fully saturated rings. The molecule has 0 radical (unpaired) electrons. The van der Waals surface area contributed by atoms with E-state index in [0.29, 0.717) is 47.8 Å². The third-order valence-corrected chi connectivity index (χ3v) is 5.34. The lowest BCUT2D eigenvalue weighted by Gasteiger charge is -2.15. The summed E-state index contributed by atoms with van der Waals surface area (Å²) in [7, 11) is 0. The molecule has 2 aliphatic rings. The van der Waals surface area contributed by atoms with Gasteiger partial charge in [-0.1, -0.05) is 29.8 Å². The molecular weight excluding hydrogens is 412 g/mol. The molecule has 1 aromatic carbocycles. The van der Waals surface area contributed by atoms with Crippen molar-refractivity contribution in [2.24, 2.45) is 0 Å². The van der Waals surface area contributed by atoms with Gasteiger partial charge in [0.05, 0.1) is 30.3 Å². The van der Waals surface area contributed by atoms with Gasteiger partial charge >= 0.3 is 0 Å². The summed E-state index contributed by atoms with van der Waals surface area (Å²) >= 11 is 6.35. The quantitative estimate of drug-likeness (QED) is 0.486. The van der Waals surface area contributed by atoms with Crippen LogP contribution in [0.1, 0.15) is 0 Å². The lowest BCUT2D eigenvalue weighted by molar-refractivity contribution is 0.00706. The van der Waals surface area contributed by atoms with Crippen LogP contribution in [0.25, 0.3) is 11.2 Å². The Balaban J connectivity index is 1.22. The predicted molar refractivity (Wildman–Crippen MR) is 109 cm³/mol. The Morgan fingerprint density at radius 3 is 2.87 bits per heavy atom. The van der Waals surface area contributed by atoms with E-state index in [9.17, 15) is 5.11 Å². The highest BCUT2D eigenvalue weighted by Gasteiger charge is 2.48. The van der Waals surface area contributed by atoms with Crippen molar-refractivity contribution in [2.75, 3.05) is 31.7 Å². The number of benzene rings is 1. The van der Waals surface area contributed by atoms with Gasteiger partial charge in [0.15, 0.2) is 11.8 Å². The zero-order valence-electron chi connectivity index (χ0n) is 16.0. The molecule has 0 spiro atoms. The molecule has 0 unspecified atom stereocenters. The number of H-pyrrole nitrogens is 1. The zero-order valence-corrected chi connectivity index (χ0v) is 16.7. The number of anilines is 1. The maximum atomic E-state index is 9.84. The van der Waals surface area contributed by atoms with Gasteiger partial charge in [0.2, 0.25) is 0 Å². The number of imidazole rings is 1. The van der Waals surface area contributed by atoms with Crippen molar-refractivity contribution in [2.45, 2.75) is 24.4 Å². The first-order valence-electron chi connectivity index (χ1n) is 9.73. The van der Waals surface area contributed by atoms with Crippen molar-refractivity contribution in [3.63, 3.8) is 0 Å². The molecule has 2 aromatic heterocycles. The van der Waals surface area contributed by atoms with Crippen molar-refractivity contribution in [1.82, 2.24) is 15.0 Å². The molecule has 0 bridgehead atoms. The number of hydrogen-bond acceptors (Lipinski definition) is 8. The summed E-state index contributed by atoms with van der Waals surface area (Å²) in [6, 6.07) is 11.6. The number of aliphatic hydroxyl groups is 1. The Morgan fingerprint density at radius 1 is 1.17 bits per heavy atom. The molecule has 0 saturated carbocycles. The standard InChI is InChI=1S/C20H21ClN4O5/c21-12-8-13-19(24-18(12)22-6-7-27-11-4-2-1-3-5-11)25-20(23-13)30-15-10-29-16-14(26)9-28-17(15)16/h1-5,8,14-17,26H,6-7,9-10H2,(H2,22,23,24,25)/t14-,15-,16-,17-/m1/s1. The molecule has 0 amide bonds. The molecule has 2 saturated heterocycles. The predicted octanol–water partition coefficient (Wildman–Crippen LogP) is 2.01. The maximum Gasteiger partial charge on any atom is 0.296 e. The molecule has 9 nitrogen and oxygen atoms in total. The minimum Gasteiger partial charge on any atom is -0.492 e. The van der Waals surface area contributed by atoms with Crippen molar-refractivity contribution in [1.29, 1.82) is 0 Å². The van der Waals surface area contributed by atoms with Crippen LogP contribution < -0.4 is 14.8 Å². The number of aromatic amines is 1. The Bertz CT molecular complexity index is 1020. The number of aliphatic hydroxyl groups excluding tert-OH is 1. The SMILES string of the molecule is O[C@@H]1CO[C@H]2[C@@H]1OC[C@H]2Oc1nc2nc(NCCOc3ccccc3)c(Cl)cc2[nH]1. The zero-order chi connectivity index (χ0) is 20.5. The number of halogens is 1. The van der Waals surface area contributed by atoms with Gasteiger partial charge < -0.3 is 34.4 Å². The number of rotatable bonds is 7. The Labute approximate surface area is 177 Å². The fourth-order valence-corrected chi connectivity index (χ4v) is 3.84. The van der Waals surface area contributed by atoms with Crippen LogP contribution in [-0.4, -0.2) is 70.8 Å². The van der Waals surface area contributed by atoms with Crippen LogP contribution in [0.15, 0.2) is 36.4 Å². The van der Waals surface area contributed by atoms with E-state index in [4.69, 9.17) is 30.5 Å². The van der Waals surface area contributed by atoms with Crippen LogP contribution in [0.5, 0.6) is 11.8 Å². The van der Waals surface area contributed by atoms with Crippen LogP contribution in [-0.2, 0) is 9.47 Å². The summed E-state index contributed by atoms with van der Waals surface area (Å²) in [6.45, 7) is 1.56. The minimum absolute atomic E-state index is 0.246. The smallest absolute Gasteiger partial charge is 0.296 e. The van der Waals surface area contributed by atoms with Crippen LogP contribution in [0, 0.1) is 0 Å². The normalized spacial score (nSPS) is 25.4. The Morgan fingerprint density at radius 2 is 2.00 bits per heavy atom. The summed E-state index contributed by atoms with van der Waals surface area (Å²) in [6.07, 6.45) is -1.65. The van der Waals surface area contributed by atoms with E-state index >= 15 is 0 Å². The summed E-state index contributed by atoms with van der Waals surface area (Å²) in [4.78, 5) is 11.9. The van der Waals surface area contributed by atoms with Crippen molar-refractivity contribution in [3.8, 4) is 11.8 Å². The van der Waals surface area contributed by atoms with Gasteiger partial charge in [0, 0.05) is 0 Å². The number of para-hydroxylation sites is 1. The first kappa shape index (κ1) is 19.4. The minimum atomic E-state index is -0.626. The lowest BCUT2D eigenvalue weighted by atomic mass is 10.1. The number of ether oxygens (including phenoxy) is 4. The Kier molecular flexibility index (Phi) is 5.34. The molecule has 5 rings (SSSR count). The van der Waals surface area contributed by atoms with Gasteiger partial charge in [-0.15, -0.1) is 0 Å². The van der Waals surface area contributed by atoms with Crippen LogP contribution in [0.3, 0.4) is 0 Å². The third kappa shape index (κ3) is 3.89. The first-order valence-corrected chi connectivity index (χ1v) is 10.1. The van der Waals surface area contributed by atoms with E-state index in [0.717, 1.165) is 5.75 Å². The average molecular weight is 433 g/mol. The average Bonchev–Trinajstić information content (AvgIpc) is 3.43. The van der Waals surface area contributed by atoms with Gasteiger partial charge in [0.1, 0.15) is 36.5 Å². The topological polar surface area (TPSA) is 111 Å². The number of nitrogens with one attached hydrogen (secondary N) is 2. The van der Waals surface area contributed by atoms with Gasteiger partial charge in [-0.3, -0.25) is 0 Å². The van der Waals surface area contributed by atoms with Crippen LogP contribution >= 0.6 is 11.6 Å². The van der Waals surface area contributed by atoms with Crippen LogP contribution in [0.4, 0.5) is 5.82 Å². The molecule has 158 valence electrons. The van der Waals surface area contributed by atoms with Gasteiger partial charge in [-0.25, -0.2) is 4.98 Å². The first-order chi connectivity index (χ1) is 14.7. The molecule has 4 atom stereocenters. The Hall–Kier alpha value is -2.59. The van der Waals surface area contributed by atoms with E-state index in [1.807, 2.05) is 30.3 Å². The number of nitrogens with zero attached hydrogens (tertiary/aromatic N) is 2. The summed E-state index contributed by atoms with van der Waals surface area (Å²) in [5.74, 6) is 1.32. The number of pyridine rings is 1. The summed E-state index contributed by atoms with van der Waals surface area (Å²) in [5.41, 5.74) is 1.13. The molecule has 0 aliphatic carbocycles. The molecule has 10 heteroatoms. The highest BCUT2D eigenvalue weighted by atomic mass is 35.5. The highest BCUT2D eigenvalue weighted by Crippen LogP contribution is 2.30. The van der Waals surface area contributed by atoms with Crippen LogP contribution in [0.2, 0.25) is 5.02 Å². The van der Waals surface area contributed by atoms with Gasteiger partial charge in [-0.2, -0.15) is 4.98 Å². The van der Waals surface area contributed by atoms with E-state index in [2.05, 4.69) is 20.3 Å². The molecule has 4 heterocycles. The van der Waals surface area contributed by atoms with E-state index in [-0.39, 0.29) is 24.9 Å². The van der Waals surface area contributed by atoms with Crippen molar-refractivity contribution < 1.29 is 24.1 Å². The largest absolute Gasteiger partial charge is 0.492 e. The number of aromatic nitrogens is 3. The van der Waals surface area contributed by atoms with E-state index in [1.54, 1.807) is 6.07 Å². The summed E-state index contributed by atoms with van der Waals surface area (Å²) in [5, 5.41) is 13.5. The highest BCUT2D eigenvalue weighted by molar-refractivity contribution is 6.33. The fraction of sp³-hybridized carbons (Fsp3) is 0.400. The number of fused-ring (bicyclic) bond motifs is 2. The van der Waals surface area contributed by atoms with Gasteiger partial charge in [0.25, 0.3) is 6.01 Å². The van der Waals surface area contributed by atoms with Crippen molar-refractivity contribution >= 4 is 28.6 Å². The maximum absolute atomic E-state index is 9.84. The van der Waals surface area contributed by atoms with Crippen molar-refractivity contribution in [3.05, 3.63) is 41.4 Å². The number of hydrogen-bond donors (Lipinski definition) is 3. The second-order valence-electron chi connectivity index (χ2n) is 7.14. The molecule has 2 aliphatic heterocycles. The molecular formula is C20H21ClN4O5. The lowest BCUT2D eigenvalue weighted by Crippen LogP contribution is -2.34. The molecule has 30 heavy (non-hydrogen) atoms. The molecule has 3 aromatic rings. The van der Waals surface area contributed by atoms with E-state index in [1.165, 1.54) is 0 Å². The summed E-state index contributed by atoms with van der Waals surface area (Å²) < 4.78 is 22.7. The third-order valence-electron chi connectivity index (χ3n) is 5.06. The second kappa shape index (κ2) is 8.27. The van der Waals surface area contributed by atoms with E-state index < -0.39 is 6.10 Å². The monoisotopic (exact) mass is 432 g/mol. The fourth-order valence-electron chi connectivity index (χ4n) is 3.62.